The van der Waals surface area contributed by atoms with E-state index in [1.807, 2.05) is 54.6 Å². The van der Waals surface area contributed by atoms with Crippen LogP contribution in [0.2, 0.25) is 0 Å². The largest absolute Gasteiger partial charge is 0.489 e. The molecule has 0 spiro atoms. The Balaban J connectivity index is 1.60. The van der Waals surface area contributed by atoms with Gasteiger partial charge in [-0.05, 0) is 29.8 Å². The number of ether oxygens (including phenoxy) is 1. The number of benzene rings is 2. The van der Waals surface area contributed by atoms with Gasteiger partial charge in [0.15, 0.2) is 0 Å². The molecule has 0 saturated carbocycles. The van der Waals surface area contributed by atoms with E-state index in [1.54, 1.807) is 9.80 Å². The van der Waals surface area contributed by atoms with Crippen molar-refractivity contribution in [2.24, 2.45) is 0 Å². The third-order valence-corrected chi connectivity index (χ3v) is 4.02. The van der Waals surface area contributed by atoms with E-state index < -0.39 is 0 Å². The van der Waals surface area contributed by atoms with Gasteiger partial charge in [-0.2, -0.15) is 0 Å². The summed E-state index contributed by atoms with van der Waals surface area (Å²) in [5.41, 5.74) is 2.02. The number of nitrogens with zero attached hydrogens (tertiary/aromatic N) is 2. The second-order valence-electron chi connectivity index (χ2n) is 5.38. The highest BCUT2D eigenvalue weighted by atomic mass is 35.5. The highest BCUT2D eigenvalue weighted by Crippen LogP contribution is 2.23. The van der Waals surface area contributed by atoms with Gasteiger partial charge in [-0.3, -0.25) is 4.90 Å². The van der Waals surface area contributed by atoms with Crippen LogP contribution in [0.5, 0.6) is 5.75 Å². The highest BCUT2D eigenvalue weighted by Gasteiger charge is 2.28. The summed E-state index contributed by atoms with van der Waals surface area (Å²) in [4.78, 5) is 15.8. The maximum atomic E-state index is 12.3. The number of carbonyl (C=O) groups excluding carboxylic acids is 1. The summed E-state index contributed by atoms with van der Waals surface area (Å²) in [6.07, 6.45) is 0. The monoisotopic (exact) mass is 330 g/mol. The fourth-order valence-electron chi connectivity index (χ4n) is 2.59. The van der Waals surface area contributed by atoms with E-state index >= 15 is 0 Å². The van der Waals surface area contributed by atoms with Crippen LogP contribution in [0.4, 0.5) is 10.5 Å². The molecule has 0 aliphatic carbocycles. The zero-order valence-corrected chi connectivity index (χ0v) is 13.6. The topological polar surface area (TPSA) is 32.8 Å². The predicted octanol–water partition coefficient (Wildman–Crippen LogP) is 3.75. The van der Waals surface area contributed by atoms with Crippen molar-refractivity contribution < 1.29 is 9.53 Å². The molecule has 5 heteroatoms. The van der Waals surface area contributed by atoms with Crippen LogP contribution in [-0.4, -0.2) is 36.4 Å². The average molecular weight is 331 g/mol. The number of hydrogen-bond donors (Lipinski definition) is 0. The normalized spacial score (nSPS) is 14.4. The number of rotatable bonds is 6. The first-order valence-electron chi connectivity index (χ1n) is 7.67. The molecule has 2 aromatic rings. The zero-order chi connectivity index (χ0) is 16.1. The van der Waals surface area contributed by atoms with Gasteiger partial charge in [0, 0.05) is 31.2 Å². The minimum absolute atomic E-state index is 0.0172. The summed E-state index contributed by atoms with van der Waals surface area (Å²) in [7, 11) is 0. The first-order valence-corrected chi connectivity index (χ1v) is 8.20. The summed E-state index contributed by atoms with van der Waals surface area (Å²) in [6, 6.07) is 17.7. The summed E-state index contributed by atoms with van der Waals surface area (Å²) in [5.74, 6) is 1.26. The van der Waals surface area contributed by atoms with Gasteiger partial charge >= 0.3 is 6.03 Å². The first-order chi connectivity index (χ1) is 11.3. The van der Waals surface area contributed by atoms with Crippen LogP contribution in [0.3, 0.4) is 0 Å². The van der Waals surface area contributed by atoms with Crippen LogP contribution < -0.4 is 9.64 Å². The van der Waals surface area contributed by atoms with E-state index in [0.717, 1.165) is 23.5 Å². The number of anilines is 1. The average Bonchev–Trinajstić information content (AvgIpc) is 2.96. The highest BCUT2D eigenvalue weighted by molar-refractivity contribution is 6.18. The zero-order valence-electron chi connectivity index (χ0n) is 12.8. The van der Waals surface area contributed by atoms with E-state index in [-0.39, 0.29) is 6.03 Å². The van der Waals surface area contributed by atoms with Crippen molar-refractivity contribution in [3.63, 3.8) is 0 Å². The molecule has 0 bridgehead atoms. The molecule has 23 heavy (non-hydrogen) atoms. The van der Waals surface area contributed by atoms with Gasteiger partial charge in [0.2, 0.25) is 0 Å². The number of halogens is 1. The molecule has 4 nitrogen and oxygen atoms in total. The lowest BCUT2D eigenvalue weighted by atomic mass is 10.2. The van der Waals surface area contributed by atoms with Gasteiger partial charge in [-0.25, -0.2) is 4.79 Å². The molecule has 0 atom stereocenters. The van der Waals surface area contributed by atoms with Crippen LogP contribution in [-0.2, 0) is 6.61 Å². The van der Waals surface area contributed by atoms with Crippen molar-refractivity contribution in [1.82, 2.24) is 4.90 Å². The van der Waals surface area contributed by atoms with Crippen molar-refractivity contribution >= 4 is 23.3 Å². The summed E-state index contributed by atoms with van der Waals surface area (Å²) >= 11 is 5.72. The van der Waals surface area contributed by atoms with Crippen molar-refractivity contribution in [3.8, 4) is 5.75 Å². The molecular weight excluding hydrogens is 312 g/mol. The van der Waals surface area contributed by atoms with Crippen LogP contribution in [0.1, 0.15) is 5.56 Å². The Labute approximate surface area is 141 Å². The maximum absolute atomic E-state index is 12.3. The lowest BCUT2D eigenvalue weighted by molar-refractivity contribution is 0.223. The molecule has 0 unspecified atom stereocenters. The Kier molecular flexibility index (Phi) is 5.03. The fourth-order valence-corrected chi connectivity index (χ4v) is 2.80. The van der Waals surface area contributed by atoms with Gasteiger partial charge in [0.25, 0.3) is 0 Å². The molecule has 120 valence electrons. The van der Waals surface area contributed by atoms with Gasteiger partial charge in [-0.1, -0.05) is 30.3 Å². The third kappa shape index (κ3) is 3.77. The molecule has 0 aromatic heterocycles. The molecule has 2 amide bonds. The standard InChI is InChI=1S/C18H19ClN2O2/c19-10-11-20-12-13-21(18(20)22)16-6-8-17(9-7-16)23-14-15-4-2-1-3-5-15/h1-9H,10-14H2. The Hall–Kier alpha value is -2.20. The summed E-state index contributed by atoms with van der Waals surface area (Å²) < 4.78 is 5.76. The molecular formula is C18H19ClN2O2. The van der Waals surface area contributed by atoms with Crippen LogP contribution in [0.15, 0.2) is 54.6 Å². The minimum atomic E-state index is 0.0172. The second kappa shape index (κ2) is 7.38. The van der Waals surface area contributed by atoms with Gasteiger partial charge in [0.1, 0.15) is 12.4 Å². The maximum Gasteiger partial charge on any atom is 0.324 e. The van der Waals surface area contributed by atoms with Gasteiger partial charge in [-0.15, -0.1) is 11.6 Å². The van der Waals surface area contributed by atoms with E-state index in [4.69, 9.17) is 16.3 Å². The molecule has 1 heterocycles. The van der Waals surface area contributed by atoms with Crippen LogP contribution in [0.25, 0.3) is 0 Å². The summed E-state index contributed by atoms with van der Waals surface area (Å²) in [5, 5.41) is 0. The fraction of sp³-hybridized carbons (Fsp3) is 0.278. The molecule has 1 aliphatic rings. The minimum Gasteiger partial charge on any atom is -0.489 e. The number of carbonyl (C=O) groups is 1. The Morgan fingerprint density at radius 2 is 1.74 bits per heavy atom. The lowest BCUT2D eigenvalue weighted by Crippen LogP contribution is -2.32. The second-order valence-corrected chi connectivity index (χ2v) is 5.76. The molecule has 1 fully saturated rings. The summed E-state index contributed by atoms with van der Waals surface area (Å²) in [6.45, 7) is 2.54. The van der Waals surface area contributed by atoms with Crippen LogP contribution >= 0.6 is 11.6 Å². The quantitative estimate of drug-likeness (QED) is 0.756. The number of hydrogen-bond acceptors (Lipinski definition) is 2. The molecule has 0 radical (unpaired) electrons. The molecule has 0 N–H and O–H groups in total. The Morgan fingerprint density at radius 1 is 1.00 bits per heavy atom. The molecule has 3 rings (SSSR count). The predicted molar refractivity (Wildman–Crippen MR) is 92.3 cm³/mol. The Morgan fingerprint density at radius 3 is 2.43 bits per heavy atom. The molecule has 1 saturated heterocycles. The number of urea groups is 1. The van der Waals surface area contributed by atoms with Gasteiger partial charge < -0.3 is 9.64 Å². The van der Waals surface area contributed by atoms with E-state index in [9.17, 15) is 4.79 Å². The van der Waals surface area contributed by atoms with Crippen molar-refractivity contribution in [1.29, 1.82) is 0 Å². The number of amides is 2. The SMILES string of the molecule is O=C1N(CCCl)CCN1c1ccc(OCc2ccccc2)cc1. The van der Waals surface area contributed by atoms with E-state index in [2.05, 4.69) is 0 Å². The molecule has 1 aliphatic heterocycles. The van der Waals surface area contributed by atoms with Crippen molar-refractivity contribution in [2.45, 2.75) is 6.61 Å². The number of alkyl halides is 1. The van der Waals surface area contributed by atoms with Crippen molar-refractivity contribution in [2.75, 3.05) is 30.4 Å². The van der Waals surface area contributed by atoms with Crippen molar-refractivity contribution in [3.05, 3.63) is 60.2 Å². The van der Waals surface area contributed by atoms with E-state index in [1.165, 1.54) is 0 Å². The van der Waals surface area contributed by atoms with E-state index in [0.29, 0.717) is 25.6 Å². The van der Waals surface area contributed by atoms with Gasteiger partial charge in [0.05, 0.1) is 0 Å². The lowest BCUT2D eigenvalue weighted by Gasteiger charge is -2.18. The third-order valence-electron chi connectivity index (χ3n) is 3.85. The van der Waals surface area contributed by atoms with Crippen LogP contribution in [0, 0.1) is 0 Å². The smallest absolute Gasteiger partial charge is 0.324 e. The molecule has 2 aromatic carbocycles. The first kappa shape index (κ1) is 15.7. The Bertz CT molecular complexity index is 646.